The average Bonchev–Trinajstić information content (AvgIpc) is 3.17. The number of phenolic OH excluding ortho intramolecular Hbond substituents is 1. The minimum absolute atomic E-state index is 0.00442. The van der Waals surface area contributed by atoms with E-state index in [-0.39, 0.29) is 17.7 Å². The zero-order valence-corrected chi connectivity index (χ0v) is 18.3. The van der Waals surface area contributed by atoms with Crippen molar-refractivity contribution < 1.29 is 19.4 Å². The summed E-state index contributed by atoms with van der Waals surface area (Å²) in [6.07, 6.45) is 1.69. The highest BCUT2D eigenvalue weighted by Crippen LogP contribution is 2.49. The Labute approximate surface area is 197 Å². The maximum Gasteiger partial charge on any atom is 0.241 e. The fourth-order valence-electron chi connectivity index (χ4n) is 4.85. The topological polar surface area (TPSA) is 71.9 Å². The van der Waals surface area contributed by atoms with Crippen molar-refractivity contribution in [2.75, 3.05) is 18.1 Å². The molecule has 0 spiro atoms. The summed E-state index contributed by atoms with van der Waals surface area (Å²) in [6.45, 7) is 0.842. The van der Waals surface area contributed by atoms with Crippen molar-refractivity contribution in [3.8, 4) is 17.2 Å². The van der Waals surface area contributed by atoms with Crippen molar-refractivity contribution in [3.05, 3.63) is 113 Å². The molecule has 6 rings (SSSR count). The van der Waals surface area contributed by atoms with Crippen molar-refractivity contribution in [2.24, 2.45) is 0 Å². The molecular weight excluding hydrogens is 428 g/mol. The van der Waals surface area contributed by atoms with E-state index >= 15 is 0 Å². The smallest absolute Gasteiger partial charge is 0.241 e. The molecule has 1 atom stereocenters. The molecule has 0 fully saturated rings. The van der Waals surface area contributed by atoms with Gasteiger partial charge in [-0.25, -0.2) is 4.98 Å². The quantitative estimate of drug-likeness (QED) is 0.482. The number of aromatic hydroxyl groups is 1. The number of carbonyl (C=O) groups is 1. The van der Waals surface area contributed by atoms with E-state index in [9.17, 15) is 9.90 Å². The van der Waals surface area contributed by atoms with E-state index in [4.69, 9.17) is 9.47 Å². The number of rotatable bonds is 4. The van der Waals surface area contributed by atoms with Crippen molar-refractivity contribution in [2.45, 2.75) is 12.0 Å². The summed E-state index contributed by atoms with van der Waals surface area (Å²) in [4.78, 5) is 20.5. The number of nitrogens with zero attached hydrogens (tertiary/aromatic N) is 2. The molecule has 3 aromatic carbocycles. The van der Waals surface area contributed by atoms with Crippen LogP contribution in [-0.4, -0.2) is 29.2 Å². The van der Waals surface area contributed by atoms with Crippen LogP contribution in [0.4, 0.5) is 5.82 Å². The maximum absolute atomic E-state index is 14.2. The monoisotopic (exact) mass is 450 g/mol. The van der Waals surface area contributed by atoms with Crippen molar-refractivity contribution in [3.63, 3.8) is 0 Å². The first-order valence-electron chi connectivity index (χ1n) is 11.2. The second kappa shape index (κ2) is 8.23. The van der Waals surface area contributed by atoms with Crippen LogP contribution >= 0.6 is 0 Å². The third-order valence-electron chi connectivity index (χ3n) is 6.33. The van der Waals surface area contributed by atoms with Crippen LogP contribution in [-0.2, 0) is 4.79 Å². The van der Waals surface area contributed by atoms with Gasteiger partial charge in [0.05, 0.1) is 12.0 Å². The summed E-state index contributed by atoms with van der Waals surface area (Å²) in [7, 11) is 0. The molecule has 34 heavy (non-hydrogen) atoms. The molecule has 0 aliphatic carbocycles. The standard InChI is InChI=1S/C28H22N2O4/c31-22-17-24-23(33-14-15-34-24)16-21(22)25-20-12-7-13-29-27(20)30(28(25)32)26(18-8-3-1-4-9-18)19-10-5-2-6-11-19/h1-13,16-17,25-26,31H,14-15H2. The Morgan fingerprint density at radius 1 is 0.824 bits per heavy atom. The normalized spacial score (nSPS) is 16.6. The summed E-state index contributed by atoms with van der Waals surface area (Å²) in [5.41, 5.74) is 3.18. The molecule has 1 amide bonds. The van der Waals surface area contributed by atoms with Gasteiger partial charge < -0.3 is 14.6 Å². The fourth-order valence-corrected chi connectivity index (χ4v) is 4.85. The van der Waals surface area contributed by atoms with Crippen LogP contribution < -0.4 is 14.4 Å². The van der Waals surface area contributed by atoms with E-state index in [1.54, 1.807) is 17.2 Å². The molecule has 0 bridgehead atoms. The zero-order valence-electron chi connectivity index (χ0n) is 18.3. The van der Waals surface area contributed by atoms with Gasteiger partial charge in [0.2, 0.25) is 5.91 Å². The predicted octanol–water partition coefficient (Wildman–Crippen LogP) is 4.83. The second-order valence-corrected chi connectivity index (χ2v) is 8.34. The number of hydrogen-bond acceptors (Lipinski definition) is 5. The van der Waals surface area contributed by atoms with E-state index in [0.717, 1.165) is 16.7 Å². The zero-order chi connectivity index (χ0) is 23.1. The van der Waals surface area contributed by atoms with E-state index in [2.05, 4.69) is 4.98 Å². The molecule has 168 valence electrons. The van der Waals surface area contributed by atoms with Crippen LogP contribution in [0.5, 0.6) is 17.2 Å². The molecule has 2 aliphatic heterocycles. The minimum Gasteiger partial charge on any atom is -0.507 e. The Hall–Kier alpha value is -4.32. The van der Waals surface area contributed by atoms with Crippen LogP contribution in [0.1, 0.15) is 34.2 Å². The van der Waals surface area contributed by atoms with Gasteiger partial charge in [0, 0.05) is 23.4 Å². The Morgan fingerprint density at radius 3 is 2.09 bits per heavy atom. The lowest BCUT2D eigenvalue weighted by atomic mass is 9.92. The number of fused-ring (bicyclic) bond motifs is 2. The van der Waals surface area contributed by atoms with Gasteiger partial charge in [0.25, 0.3) is 0 Å². The first kappa shape index (κ1) is 20.3. The van der Waals surface area contributed by atoms with Gasteiger partial charge in [-0.2, -0.15) is 0 Å². The van der Waals surface area contributed by atoms with Crippen molar-refractivity contribution in [1.29, 1.82) is 0 Å². The van der Waals surface area contributed by atoms with E-state index in [1.807, 2.05) is 72.8 Å². The Balaban J connectivity index is 1.52. The van der Waals surface area contributed by atoms with Crippen LogP contribution in [0, 0.1) is 0 Å². The second-order valence-electron chi connectivity index (χ2n) is 8.34. The van der Waals surface area contributed by atoms with Crippen LogP contribution in [0.3, 0.4) is 0 Å². The first-order chi connectivity index (χ1) is 16.7. The third-order valence-corrected chi connectivity index (χ3v) is 6.33. The summed E-state index contributed by atoms with van der Waals surface area (Å²) in [6, 6.07) is 26.4. The SMILES string of the molecule is O=C1C(c2cc3c(cc2O)OCCO3)c2cccnc2N1C(c1ccccc1)c1ccccc1. The highest BCUT2D eigenvalue weighted by atomic mass is 16.6. The molecule has 1 unspecified atom stereocenters. The Kier molecular flexibility index (Phi) is 4.91. The predicted molar refractivity (Wildman–Crippen MR) is 127 cm³/mol. The number of phenols is 1. The lowest BCUT2D eigenvalue weighted by Gasteiger charge is -2.29. The summed E-state index contributed by atoms with van der Waals surface area (Å²) in [5.74, 6) is 0.721. The van der Waals surface area contributed by atoms with E-state index in [1.165, 1.54) is 6.07 Å². The fraction of sp³-hybridized carbons (Fsp3) is 0.143. The molecular formula is C28H22N2O4. The van der Waals surface area contributed by atoms with Gasteiger partial charge in [0.1, 0.15) is 24.8 Å². The number of amides is 1. The number of hydrogen-bond donors (Lipinski definition) is 1. The van der Waals surface area contributed by atoms with Gasteiger partial charge in [-0.1, -0.05) is 66.7 Å². The molecule has 1 N–H and O–H groups in total. The van der Waals surface area contributed by atoms with Crippen LogP contribution in [0.2, 0.25) is 0 Å². The molecule has 4 aromatic rings. The van der Waals surface area contributed by atoms with E-state index in [0.29, 0.717) is 36.1 Å². The van der Waals surface area contributed by atoms with E-state index < -0.39 is 5.92 Å². The first-order valence-corrected chi connectivity index (χ1v) is 11.2. The molecule has 0 radical (unpaired) electrons. The lowest BCUT2D eigenvalue weighted by molar-refractivity contribution is -0.118. The Morgan fingerprint density at radius 2 is 1.44 bits per heavy atom. The lowest BCUT2D eigenvalue weighted by Crippen LogP contribution is -2.34. The number of anilines is 1. The molecule has 1 aromatic heterocycles. The van der Waals surface area contributed by atoms with Gasteiger partial charge in [-0.3, -0.25) is 9.69 Å². The molecule has 6 heteroatoms. The number of carbonyl (C=O) groups excluding carboxylic acids is 1. The molecule has 0 saturated carbocycles. The summed E-state index contributed by atoms with van der Waals surface area (Å²) >= 11 is 0. The number of ether oxygens (including phenoxy) is 2. The third kappa shape index (κ3) is 3.27. The number of aromatic nitrogens is 1. The van der Waals surface area contributed by atoms with Gasteiger partial charge >= 0.3 is 0 Å². The molecule has 0 saturated heterocycles. The average molecular weight is 450 g/mol. The highest BCUT2D eigenvalue weighted by Gasteiger charge is 2.44. The molecule has 2 aliphatic rings. The van der Waals surface area contributed by atoms with Gasteiger partial charge in [0.15, 0.2) is 11.5 Å². The summed E-state index contributed by atoms with van der Waals surface area (Å²) in [5, 5.41) is 10.9. The van der Waals surface area contributed by atoms with Crippen LogP contribution in [0.15, 0.2) is 91.1 Å². The largest absolute Gasteiger partial charge is 0.507 e. The number of benzene rings is 3. The molecule has 3 heterocycles. The highest BCUT2D eigenvalue weighted by molar-refractivity contribution is 6.07. The van der Waals surface area contributed by atoms with Crippen molar-refractivity contribution >= 4 is 11.7 Å². The number of pyridine rings is 1. The van der Waals surface area contributed by atoms with Gasteiger partial charge in [-0.15, -0.1) is 0 Å². The van der Waals surface area contributed by atoms with Gasteiger partial charge in [-0.05, 0) is 23.3 Å². The van der Waals surface area contributed by atoms with Crippen LogP contribution in [0.25, 0.3) is 0 Å². The van der Waals surface area contributed by atoms with Crippen molar-refractivity contribution in [1.82, 2.24) is 4.98 Å². The minimum atomic E-state index is -0.713. The summed E-state index contributed by atoms with van der Waals surface area (Å²) < 4.78 is 11.3. The molecule has 6 nitrogen and oxygen atoms in total. The Bertz CT molecular complexity index is 1320. The maximum atomic E-state index is 14.2.